The summed E-state index contributed by atoms with van der Waals surface area (Å²) < 4.78 is 11.4. The van der Waals surface area contributed by atoms with Crippen molar-refractivity contribution in [2.75, 3.05) is 25.6 Å². The Hall–Kier alpha value is -2.21. The average Bonchev–Trinajstić information content (AvgIpc) is 3.28. The van der Waals surface area contributed by atoms with Crippen LogP contribution in [0.15, 0.2) is 49.1 Å². The third kappa shape index (κ3) is 6.39. The van der Waals surface area contributed by atoms with Crippen LogP contribution in [0.25, 0.3) is 0 Å². The molecule has 7 heteroatoms. The number of carbonyl (C=O) groups excluding carboxylic acids is 1. The van der Waals surface area contributed by atoms with Gasteiger partial charge in [-0.2, -0.15) is 0 Å². The minimum atomic E-state index is -0.438. The van der Waals surface area contributed by atoms with Gasteiger partial charge >= 0.3 is 0 Å². The number of halogens is 2. The zero-order valence-corrected chi connectivity index (χ0v) is 19.1. The molecule has 2 aromatic rings. The van der Waals surface area contributed by atoms with Crippen molar-refractivity contribution in [1.82, 2.24) is 5.32 Å². The number of nitrogens with one attached hydrogen (secondary N) is 2. The van der Waals surface area contributed by atoms with Crippen LogP contribution in [0.1, 0.15) is 37.2 Å². The maximum absolute atomic E-state index is 13.0. The molecule has 0 bridgehead atoms. The summed E-state index contributed by atoms with van der Waals surface area (Å²) in [5, 5.41) is 7.30. The van der Waals surface area contributed by atoms with E-state index in [4.69, 9.17) is 32.7 Å². The molecule has 0 radical (unpaired) electrons. The fourth-order valence-corrected chi connectivity index (χ4v) is 4.01. The monoisotopic (exact) mass is 462 g/mol. The van der Waals surface area contributed by atoms with Gasteiger partial charge in [-0.15, -0.1) is 6.58 Å². The number of amides is 1. The molecular formula is C24H28Cl2N2O3. The molecule has 166 valence electrons. The van der Waals surface area contributed by atoms with E-state index in [1.807, 2.05) is 6.07 Å². The Balaban J connectivity index is 1.70. The molecule has 3 rings (SSSR count). The zero-order chi connectivity index (χ0) is 22.2. The first kappa shape index (κ1) is 23.5. The zero-order valence-electron chi connectivity index (χ0n) is 17.6. The molecule has 2 atom stereocenters. The molecule has 31 heavy (non-hydrogen) atoms. The molecule has 0 aromatic heterocycles. The van der Waals surface area contributed by atoms with E-state index in [9.17, 15) is 4.79 Å². The quantitative estimate of drug-likeness (QED) is 0.436. The van der Waals surface area contributed by atoms with E-state index in [-0.39, 0.29) is 5.91 Å². The highest BCUT2D eigenvalue weighted by Crippen LogP contribution is 2.33. The Bertz CT molecular complexity index is 914. The van der Waals surface area contributed by atoms with Gasteiger partial charge in [0.05, 0.1) is 29.7 Å². The third-order valence-electron chi connectivity index (χ3n) is 5.38. The maximum Gasteiger partial charge on any atom is 0.232 e. The molecule has 0 aliphatic carbocycles. The standard InChI is InChI=1S/C24H28Cl2N2O3/c1-3-5-19(16-7-9-20(25)21(26)14-16)24(29)28-18-8-10-22(30-2)23(15-18)31-13-11-17-6-4-12-27-17/h3,7-10,14-15,17,19,27H,1,4-6,11-13H2,2H3,(H,28,29). The van der Waals surface area contributed by atoms with Gasteiger partial charge in [0.25, 0.3) is 0 Å². The molecule has 2 aromatic carbocycles. The number of methoxy groups -OCH3 is 1. The molecule has 1 amide bonds. The highest BCUT2D eigenvalue weighted by atomic mass is 35.5. The largest absolute Gasteiger partial charge is 0.493 e. The van der Waals surface area contributed by atoms with Gasteiger partial charge in [0.1, 0.15) is 0 Å². The topological polar surface area (TPSA) is 59.6 Å². The molecular weight excluding hydrogens is 435 g/mol. The van der Waals surface area contributed by atoms with Crippen molar-refractivity contribution in [2.24, 2.45) is 0 Å². The summed E-state index contributed by atoms with van der Waals surface area (Å²) in [5.41, 5.74) is 1.41. The number of allylic oxidation sites excluding steroid dienone is 1. The highest BCUT2D eigenvalue weighted by molar-refractivity contribution is 6.42. The molecule has 5 nitrogen and oxygen atoms in total. The molecule has 0 spiro atoms. The molecule has 0 saturated carbocycles. The molecule has 1 heterocycles. The van der Waals surface area contributed by atoms with Gasteiger partial charge in [0.2, 0.25) is 5.91 Å². The highest BCUT2D eigenvalue weighted by Gasteiger charge is 2.21. The molecule has 1 fully saturated rings. The van der Waals surface area contributed by atoms with Crippen LogP contribution < -0.4 is 20.1 Å². The summed E-state index contributed by atoms with van der Waals surface area (Å²) >= 11 is 12.2. The lowest BCUT2D eigenvalue weighted by Gasteiger charge is -2.18. The summed E-state index contributed by atoms with van der Waals surface area (Å²) in [4.78, 5) is 13.0. The Morgan fingerprint density at radius 3 is 2.77 bits per heavy atom. The van der Waals surface area contributed by atoms with Crippen LogP contribution in [-0.2, 0) is 4.79 Å². The SMILES string of the molecule is C=CCC(C(=O)Nc1ccc(OC)c(OCCC2CCCN2)c1)c1ccc(Cl)c(Cl)c1. The average molecular weight is 463 g/mol. The molecule has 2 unspecified atom stereocenters. The predicted octanol–water partition coefficient (Wildman–Crippen LogP) is 5.82. The van der Waals surface area contributed by atoms with Crippen LogP contribution in [0.3, 0.4) is 0 Å². The van der Waals surface area contributed by atoms with Gasteiger partial charge in [0.15, 0.2) is 11.5 Å². The van der Waals surface area contributed by atoms with Crippen molar-refractivity contribution < 1.29 is 14.3 Å². The second-order valence-corrected chi connectivity index (χ2v) is 8.35. The lowest BCUT2D eigenvalue weighted by atomic mass is 9.94. The number of hydrogen-bond donors (Lipinski definition) is 2. The maximum atomic E-state index is 13.0. The van der Waals surface area contributed by atoms with E-state index in [1.165, 1.54) is 12.8 Å². The van der Waals surface area contributed by atoms with Crippen LogP contribution in [-0.4, -0.2) is 32.2 Å². The second kappa shape index (κ2) is 11.4. The predicted molar refractivity (Wildman–Crippen MR) is 127 cm³/mol. The third-order valence-corrected chi connectivity index (χ3v) is 6.12. The van der Waals surface area contributed by atoms with Crippen LogP contribution in [0.4, 0.5) is 5.69 Å². The fraction of sp³-hybridized carbons (Fsp3) is 0.375. The van der Waals surface area contributed by atoms with E-state index in [0.717, 1.165) is 18.5 Å². The number of benzene rings is 2. The lowest BCUT2D eigenvalue weighted by Crippen LogP contribution is -2.23. The minimum Gasteiger partial charge on any atom is -0.493 e. The Kier molecular flexibility index (Phi) is 8.64. The van der Waals surface area contributed by atoms with Gasteiger partial charge in [-0.05, 0) is 62.1 Å². The first-order chi connectivity index (χ1) is 15.0. The fourth-order valence-electron chi connectivity index (χ4n) is 3.70. The Morgan fingerprint density at radius 1 is 1.26 bits per heavy atom. The summed E-state index contributed by atoms with van der Waals surface area (Å²) in [7, 11) is 1.60. The van der Waals surface area contributed by atoms with Crippen molar-refractivity contribution in [3.8, 4) is 11.5 Å². The molecule has 1 saturated heterocycles. The van der Waals surface area contributed by atoms with Gasteiger partial charge in [-0.25, -0.2) is 0 Å². The normalized spacial score (nSPS) is 16.5. The number of ether oxygens (including phenoxy) is 2. The second-order valence-electron chi connectivity index (χ2n) is 7.54. The van der Waals surface area contributed by atoms with Crippen molar-refractivity contribution in [3.63, 3.8) is 0 Å². The van der Waals surface area contributed by atoms with Crippen LogP contribution in [0.2, 0.25) is 10.0 Å². The van der Waals surface area contributed by atoms with Crippen LogP contribution in [0, 0.1) is 0 Å². The van der Waals surface area contributed by atoms with Gasteiger partial charge in [0, 0.05) is 17.8 Å². The minimum absolute atomic E-state index is 0.162. The van der Waals surface area contributed by atoms with Gasteiger partial charge < -0.3 is 20.1 Å². The van der Waals surface area contributed by atoms with E-state index in [0.29, 0.717) is 46.3 Å². The van der Waals surface area contributed by atoms with Crippen LogP contribution in [0.5, 0.6) is 11.5 Å². The van der Waals surface area contributed by atoms with E-state index in [2.05, 4.69) is 17.2 Å². The summed E-state index contributed by atoms with van der Waals surface area (Å²) in [6, 6.07) is 11.1. The van der Waals surface area contributed by atoms with Gasteiger partial charge in [-0.3, -0.25) is 4.79 Å². The van der Waals surface area contributed by atoms with Crippen molar-refractivity contribution in [3.05, 3.63) is 64.7 Å². The van der Waals surface area contributed by atoms with Crippen LogP contribution >= 0.6 is 23.2 Å². The number of carbonyl (C=O) groups is 1. The molecule has 1 aliphatic rings. The van der Waals surface area contributed by atoms with Crippen molar-refractivity contribution in [2.45, 2.75) is 37.6 Å². The van der Waals surface area contributed by atoms with Crippen molar-refractivity contribution >= 4 is 34.8 Å². The summed E-state index contributed by atoms with van der Waals surface area (Å²) in [6.45, 7) is 5.42. The smallest absolute Gasteiger partial charge is 0.232 e. The summed E-state index contributed by atoms with van der Waals surface area (Å²) in [6.07, 6.45) is 5.50. The van der Waals surface area contributed by atoms with E-state index in [1.54, 1.807) is 43.5 Å². The number of anilines is 1. The van der Waals surface area contributed by atoms with Gasteiger partial charge in [-0.1, -0.05) is 35.3 Å². The van der Waals surface area contributed by atoms with E-state index >= 15 is 0 Å². The first-order valence-corrected chi connectivity index (χ1v) is 11.2. The summed E-state index contributed by atoms with van der Waals surface area (Å²) in [5.74, 6) is 0.634. The number of hydrogen-bond acceptors (Lipinski definition) is 4. The number of rotatable bonds is 10. The van der Waals surface area contributed by atoms with E-state index < -0.39 is 5.92 Å². The molecule has 1 aliphatic heterocycles. The lowest BCUT2D eigenvalue weighted by molar-refractivity contribution is -0.117. The van der Waals surface area contributed by atoms with Crippen molar-refractivity contribution in [1.29, 1.82) is 0 Å². The Labute approximate surface area is 193 Å². The molecule has 2 N–H and O–H groups in total. The first-order valence-electron chi connectivity index (χ1n) is 10.4. The Morgan fingerprint density at radius 2 is 2.10 bits per heavy atom.